The number of piperidine rings is 1. The van der Waals surface area contributed by atoms with Gasteiger partial charge < -0.3 is 19.9 Å². The number of aromatic amines is 1. The Labute approximate surface area is 194 Å². The molecule has 3 saturated heterocycles. The Hall–Kier alpha value is -2.59. The Kier molecular flexibility index (Phi) is 4.65. The van der Waals surface area contributed by atoms with Crippen LogP contribution < -0.4 is 10.2 Å². The number of ether oxygens (including phenoxy) is 1. The van der Waals surface area contributed by atoms with Crippen molar-refractivity contribution in [3.05, 3.63) is 41.2 Å². The second kappa shape index (κ2) is 7.73. The second-order valence-corrected chi connectivity index (χ2v) is 10.3. The lowest BCUT2D eigenvalue weighted by atomic mass is 9.89. The van der Waals surface area contributed by atoms with Crippen molar-refractivity contribution in [2.45, 2.75) is 25.0 Å². The third-order valence-electron chi connectivity index (χ3n) is 7.17. The summed E-state index contributed by atoms with van der Waals surface area (Å²) in [5.74, 6) is 1.22. The van der Waals surface area contributed by atoms with Crippen LogP contribution in [0.1, 0.15) is 11.3 Å². The molecule has 2 N–H and O–H groups in total. The van der Waals surface area contributed by atoms with Crippen molar-refractivity contribution in [3.63, 3.8) is 0 Å². The quantitative estimate of drug-likeness (QED) is 0.483. The van der Waals surface area contributed by atoms with Gasteiger partial charge in [0.15, 0.2) is 11.6 Å². The maximum Gasteiger partial charge on any atom is 0.163 e. The molecule has 170 valence electrons. The Morgan fingerprint density at radius 3 is 2.79 bits per heavy atom. The first-order valence-corrected chi connectivity index (χ1v) is 12.4. The number of halogens is 1. The summed E-state index contributed by atoms with van der Waals surface area (Å²) in [6, 6.07) is 8.52. The summed E-state index contributed by atoms with van der Waals surface area (Å²) in [5.41, 5.74) is 2.42. The molecule has 7 nitrogen and oxygen atoms in total. The van der Waals surface area contributed by atoms with Crippen molar-refractivity contribution in [2.24, 2.45) is 0 Å². The molecule has 1 aromatic carbocycles. The van der Waals surface area contributed by atoms with Crippen LogP contribution in [0.5, 0.6) is 0 Å². The molecule has 0 amide bonds. The first kappa shape index (κ1) is 19.8. The molecule has 0 unspecified atom stereocenters. The minimum Gasteiger partial charge on any atom is -0.378 e. The van der Waals surface area contributed by atoms with E-state index in [1.165, 1.54) is 17.4 Å². The highest BCUT2D eigenvalue weighted by Gasteiger charge is 2.41. The lowest BCUT2D eigenvalue weighted by molar-refractivity contribution is -0.0198. The summed E-state index contributed by atoms with van der Waals surface area (Å²) >= 11 is 1.80. The van der Waals surface area contributed by atoms with Gasteiger partial charge in [-0.1, -0.05) is 0 Å². The van der Waals surface area contributed by atoms with Crippen molar-refractivity contribution < 1.29 is 9.13 Å². The molecule has 3 fully saturated rings. The lowest BCUT2D eigenvalue weighted by Gasteiger charge is -2.53. The van der Waals surface area contributed by atoms with Gasteiger partial charge in [-0.05, 0) is 30.7 Å². The zero-order valence-electron chi connectivity index (χ0n) is 18.2. The zero-order chi connectivity index (χ0) is 21.9. The Morgan fingerprint density at radius 1 is 1.12 bits per heavy atom. The molecular formula is C24H25FN6OS. The number of piperazine rings is 1. The summed E-state index contributed by atoms with van der Waals surface area (Å²) in [6.45, 7) is 6.08. The average molecular weight is 465 g/mol. The molecular weight excluding hydrogens is 439 g/mol. The smallest absolute Gasteiger partial charge is 0.163 e. The van der Waals surface area contributed by atoms with E-state index in [0.717, 1.165) is 65.2 Å². The van der Waals surface area contributed by atoms with Crippen LogP contribution >= 0.6 is 11.3 Å². The van der Waals surface area contributed by atoms with Gasteiger partial charge in [-0.3, -0.25) is 4.90 Å². The van der Waals surface area contributed by atoms with Gasteiger partial charge in [-0.15, -0.1) is 11.3 Å². The normalized spacial score (nSPS) is 23.4. The van der Waals surface area contributed by atoms with E-state index in [1.807, 2.05) is 12.3 Å². The molecule has 2 bridgehead atoms. The number of nitrogens with one attached hydrogen (secondary N) is 2. The molecule has 7 rings (SSSR count). The Morgan fingerprint density at radius 2 is 1.97 bits per heavy atom. The van der Waals surface area contributed by atoms with Gasteiger partial charge in [0.2, 0.25) is 0 Å². The minimum absolute atomic E-state index is 0.291. The van der Waals surface area contributed by atoms with Gasteiger partial charge in [0.1, 0.15) is 5.82 Å². The molecule has 0 radical (unpaired) electrons. The second-order valence-electron chi connectivity index (χ2n) is 9.16. The number of morpholine rings is 1. The molecule has 3 aromatic heterocycles. The number of anilines is 1. The van der Waals surface area contributed by atoms with Gasteiger partial charge in [0.25, 0.3) is 0 Å². The Bertz CT molecular complexity index is 1330. The van der Waals surface area contributed by atoms with Gasteiger partial charge >= 0.3 is 0 Å². The van der Waals surface area contributed by atoms with Crippen molar-refractivity contribution in [1.29, 1.82) is 0 Å². The van der Waals surface area contributed by atoms with Crippen LogP contribution in [0.4, 0.5) is 10.2 Å². The maximum absolute atomic E-state index is 14.4. The van der Waals surface area contributed by atoms with E-state index >= 15 is 0 Å². The van der Waals surface area contributed by atoms with E-state index < -0.39 is 0 Å². The molecule has 3 aliphatic rings. The highest BCUT2D eigenvalue weighted by atomic mass is 32.1. The summed E-state index contributed by atoms with van der Waals surface area (Å²) in [5, 5.41) is 4.44. The van der Waals surface area contributed by atoms with Crippen LogP contribution in [0.3, 0.4) is 0 Å². The predicted molar refractivity (Wildman–Crippen MR) is 128 cm³/mol. The number of H-pyrrole nitrogens is 1. The fourth-order valence-electron chi connectivity index (χ4n) is 5.47. The summed E-state index contributed by atoms with van der Waals surface area (Å²) in [7, 11) is 0. The van der Waals surface area contributed by atoms with E-state index in [4.69, 9.17) is 14.7 Å². The van der Waals surface area contributed by atoms with E-state index in [2.05, 4.69) is 26.2 Å². The van der Waals surface area contributed by atoms with E-state index in [1.54, 1.807) is 17.4 Å². The third kappa shape index (κ3) is 3.33. The topological polar surface area (TPSA) is 69.3 Å². The van der Waals surface area contributed by atoms with Crippen molar-refractivity contribution in [2.75, 3.05) is 44.3 Å². The van der Waals surface area contributed by atoms with Gasteiger partial charge in [0.05, 0.1) is 23.4 Å². The van der Waals surface area contributed by atoms with E-state index in [-0.39, 0.29) is 5.82 Å². The molecule has 3 aliphatic heterocycles. The number of rotatable bonds is 4. The van der Waals surface area contributed by atoms with Gasteiger partial charge in [-0.2, -0.15) is 0 Å². The molecule has 33 heavy (non-hydrogen) atoms. The molecule has 0 spiro atoms. The van der Waals surface area contributed by atoms with Crippen LogP contribution in [0, 0.1) is 5.82 Å². The highest BCUT2D eigenvalue weighted by molar-refractivity contribution is 7.19. The number of hydrogen-bond donors (Lipinski definition) is 2. The third-order valence-corrected chi connectivity index (χ3v) is 8.28. The predicted octanol–water partition coefficient (Wildman–Crippen LogP) is 3.36. The first-order chi connectivity index (χ1) is 16.2. The average Bonchev–Trinajstić information content (AvgIpc) is 3.49. The maximum atomic E-state index is 14.4. The molecule has 2 atom stereocenters. The van der Waals surface area contributed by atoms with Crippen LogP contribution in [0.2, 0.25) is 0 Å². The molecule has 6 heterocycles. The fourth-order valence-corrected chi connectivity index (χ4v) is 6.59. The fraction of sp³-hybridized carbons (Fsp3) is 0.417. The van der Waals surface area contributed by atoms with Crippen LogP contribution in [0.15, 0.2) is 30.5 Å². The molecule has 0 aliphatic carbocycles. The highest BCUT2D eigenvalue weighted by Crippen LogP contribution is 2.38. The molecule has 4 aromatic rings. The zero-order valence-corrected chi connectivity index (χ0v) is 19.0. The summed E-state index contributed by atoms with van der Waals surface area (Å²) in [6.07, 6.45) is 3.13. The molecule has 0 saturated carbocycles. The first-order valence-electron chi connectivity index (χ1n) is 11.6. The van der Waals surface area contributed by atoms with Crippen molar-refractivity contribution in [3.8, 4) is 11.4 Å². The van der Waals surface area contributed by atoms with Crippen LogP contribution in [-0.4, -0.2) is 71.3 Å². The number of thiophene rings is 1. The van der Waals surface area contributed by atoms with E-state index in [0.29, 0.717) is 31.1 Å². The monoisotopic (exact) mass is 464 g/mol. The van der Waals surface area contributed by atoms with Gasteiger partial charge in [-0.25, -0.2) is 14.4 Å². The number of fused-ring (bicyclic) bond motifs is 4. The van der Waals surface area contributed by atoms with Gasteiger partial charge in [0, 0.05) is 72.3 Å². The number of benzene rings is 1. The number of nitrogens with zero attached hydrogens (tertiary/aromatic N) is 4. The summed E-state index contributed by atoms with van der Waals surface area (Å²) in [4.78, 5) is 19.3. The van der Waals surface area contributed by atoms with Crippen molar-refractivity contribution >= 4 is 38.3 Å². The van der Waals surface area contributed by atoms with E-state index in [9.17, 15) is 4.39 Å². The van der Waals surface area contributed by atoms with Crippen LogP contribution in [0.25, 0.3) is 32.5 Å². The number of hydrogen-bond acceptors (Lipinski definition) is 7. The standard InChI is InChI=1S/C24H25FN6OS/c25-14-7-19(18-1-2-27-20(18)8-14)23-28-21-10-17(13-31-15-9-16(31)12-26-11-15)33-22(21)24(29-23)30-3-5-32-6-4-30/h1-2,7-8,10,15-16,26-27H,3-6,9,11-13H2/t15-,16-/m0/s1. The minimum atomic E-state index is -0.291. The van der Waals surface area contributed by atoms with Crippen LogP contribution in [-0.2, 0) is 11.3 Å². The largest absolute Gasteiger partial charge is 0.378 e. The number of aromatic nitrogens is 3. The molecule has 9 heteroatoms. The Balaban J connectivity index is 1.35. The SMILES string of the molecule is Fc1cc(-c2nc(N3CCOCC3)c3sc(CN4[C@@H]5CNC[C@@H]4C5)cc3n2)c2cc[nH]c2c1. The lowest BCUT2D eigenvalue weighted by Crippen LogP contribution is -2.67. The summed E-state index contributed by atoms with van der Waals surface area (Å²) < 4.78 is 21.1. The van der Waals surface area contributed by atoms with Crippen molar-refractivity contribution in [1.82, 2.24) is 25.2 Å².